The van der Waals surface area contributed by atoms with E-state index < -0.39 is 23.9 Å². The Labute approximate surface area is 138 Å². The van der Waals surface area contributed by atoms with E-state index in [4.69, 9.17) is 20.4 Å². The maximum Gasteiger partial charge on any atom is 0.336 e. The highest BCUT2D eigenvalue weighted by Crippen LogP contribution is 2.07. The van der Waals surface area contributed by atoms with Crippen LogP contribution < -0.4 is 0 Å². The summed E-state index contributed by atoms with van der Waals surface area (Å²) in [5.41, 5.74) is -0.0278. The van der Waals surface area contributed by atoms with Crippen molar-refractivity contribution in [2.24, 2.45) is 0 Å². The smallest absolute Gasteiger partial charge is 0.336 e. The van der Waals surface area contributed by atoms with E-state index in [0.717, 1.165) is 0 Å². The van der Waals surface area contributed by atoms with Gasteiger partial charge in [0.05, 0.1) is 11.1 Å². The Bertz CT molecular complexity index is 577. The fraction of sp³-hybridized carbons (Fsp3) is 0.125. The number of carbonyl (C=O) groups is 4. The molecule has 1 aromatic rings. The first-order chi connectivity index (χ1) is 10.9. The Morgan fingerprint density at radius 3 is 1.04 bits per heavy atom. The standard InChI is InChI=1S/C8H6O4.2C4H6O2/c9-7(10)5-3-1-2-4-6(5)8(11)12;2*1-3(2)4(5)6/h1-4H,(H,9,10)(H,11,12);2*1H2,2H3,(H,5,6). The molecule has 0 aromatic heterocycles. The molecule has 0 unspecified atom stereocenters. The summed E-state index contributed by atoms with van der Waals surface area (Å²) in [5, 5.41) is 32.9. The summed E-state index contributed by atoms with van der Waals surface area (Å²) in [6.07, 6.45) is 0. The van der Waals surface area contributed by atoms with E-state index in [1.54, 1.807) is 0 Å². The predicted molar refractivity (Wildman–Crippen MR) is 85.3 cm³/mol. The number of hydrogen-bond acceptors (Lipinski definition) is 4. The molecule has 1 rings (SSSR count). The Hall–Kier alpha value is -3.42. The summed E-state index contributed by atoms with van der Waals surface area (Å²) in [5.74, 6) is -4.33. The molecular formula is C16H18O8. The number of carboxylic acid groups (broad SMARTS) is 4. The normalized spacial score (nSPS) is 8.42. The number of hydrogen-bond donors (Lipinski definition) is 4. The first kappa shape index (κ1) is 22.9. The molecule has 130 valence electrons. The van der Waals surface area contributed by atoms with Gasteiger partial charge in [-0.1, -0.05) is 25.3 Å². The molecule has 0 fully saturated rings. The van der Waals surface area contributed by atoms with Crippen LogP contribution in [0.1, 0.15) is 34.6 Å². The Kier molecular flexibility index (Phi) is 10.7. The maximum atomic E-state index is 10.5. The molecule has 1 aromatic carbocycles. The summed E-state index contributed by atoms with van der Waals surface area (Å²) in [7, 11) is 0. The minimum Gasteiger partial charge on any atom is -0.478 e. The van der Waals surface area contributed by atoms with Gasteiger partial charge in [-0.3, -0.25) is 0 Å². The fourth-order valence-electron chi connectivity index (χ4n) is 0.856. The van der Waals surface area contributed by atoms with Crippen LogP contribution >= 0.6 is 0 Å². The van der Waals surface area contributed by atoms with Crippen LogP contribution in [0, 0.1) is 0 Å². The first-order valence-electron chi connectivity index (χ1n) is 6.25. The highest BCUT2D eigenvalue weighted by Gasteiger charge is 2.13. The third-order valence-electron chi connectivity index (χ3n) is 2.12. The van der Waals surface area contributed by atoms with Gasteiger partial charge in [0.2, 0.25) is 0 Å². The minimum absolute atomic E-state index is 0.176. The molecule has 0 spiro atoms. The van der Waals surface area contributed by atoms with Crippen molar-refractivity contribution in [1.82, 2.24) is 0 Å². The van der Waals surface area contributed by atoms with Crippen LogP contribution in [0.15, 0.2) is 48.6 Å². The molecule has 0 radical (unpaired) electrons. The van der Waals surface area contributed by atoms with E-state index in [9.17, 15) is 19.2 Å². The highest BCUT2D eigenvalue weighted by molar-refractivity contribution is 6.01. The molecule has 0 aliphatic rings. The molecule has 0 aliphatic carbocycles. The zero-order valence-corrected chi connectivity index (χ0v) is 13.1. The second kappa shape index (κ2) is 11.2. The predicted octanol–water partition coefficient (Wildman–Crippen LogP) is 2.38. The molecule has 4 N–H and O–H groups in total. The molecular weight excluding hydrogens is 320 g/mol. The highest BCUT2D eigenvalue weighted by atomic mass is 16.4. The number of aliphatic carboxylic acids is 2. The number of rotatable bonds is 4. The average molecular weight is 338 g/mol. The number of benzene rings is 1. The zero-order chi connectivity index (χ0) is 19.4. The van der Waals surface area contributed by atoms with Gasteiger partial charge in [0.25, 0.3) is 0 Å². The van der Waals surface area contributed by atoms with Gasteiger partial charge in [-0.2, -0.15) is 0 Å². The topological polar surface area (TPSA) is 149 Å². The second-order valence-electron chi connectivity index (χ2n) is 4.33. The molecule has 0 saturated heterocycles. The van der Waals surface area contributed by atoms with Crippen molar-refractivity contribution >= 4 is 23.9 Å². The van der Waals surface area contributed by atoms with Crippen LogP contribution in [0.2, 0.25) is 0 Å². The zero-order valence-electron chi connectivity index (χ0n) is 13.1. The lowest BCUT2D eigenvalue weighted by molar-refractivity contribution is -0.133. The lowest BCUT2D eigenvalue weighted by atomic mass is 10.1. The molecule has 8 heteroatoms. The number of carboxylic acids is 4. The Morgan fingerprint density at radius 1 is 0.708 bits per heavy atom. The van der Waals surface area contributed by atoms with E-state index in [2.05, 4.69) is 13.2 Å². The molecule has 0 bridgehead atoms. The molecule has 0 atom stereocenters. The quantitative estimate of drug-likeness (QED) is 0.611. The van der Waals surface area contributed by atoms with Crippen LogP contribution in [-0.4, -0.2) is 44.3 Å². The van der Waals surface area contributed by atoms with Gasteiger partial charge < -0.3 is 20.4 Å². The van der Waals surface area contributed by atoms with Crippen molar-refractivity contribution in [3.63, 3.8) is 0 Å². The average Bonchev–Trinajstić information content (AvgIpc) is 2.48. The Morgan fingerprint density at radius 2 is 0.917 bits per heavy atom. The van der Waals surface area contributed by atoms with Crippen LogP contribution in [0.3, 0.4) is 0 Å². The minimum atomic E-state index is -1.23. The summed E-state index contributed by atoms with van der Waals surface area (Å²) in [6, 6.07) is 5.48. The maximum absolute atomic E-state index is 10.5. The largest absolute Gasteiger partial charge is 0.478 e. The summed E-state index contributed by atoms with van der Waals surface area (Å²) in [6.45, 7) is 9.20. The molecule has 8 nitrogen and oxygen atoms in total. The fourth-order valence-corrected chi connectivity index (χ4v) is 0.856. The van der Waals surface area contributed by atoms with Crippen LogP contribution in [0.4, 0.5) is 0 Å². The molecule has 0 amide bonds. The van der Waals surface area contributed by atoms with Crippen molar-refractivity contribution in [3.8, 4) is 0 Å². The summed E-state index contributed by atoms with van der Waals surface area (Å²) >= 11 is 0. The molecule has 0 saturated carbocycles. The second-order valence-corrected chi connectivity index (χ2v) is 4.33. The van der Waals surface area contributed by atoms with E-state index >= 15 is 0 Å². The van der Waals surface area contributed by atoms with Crippen molar-refractivity contribution in [1.29, 1.82) is 0 Å². The third kappa shape index (κ3) is 10.3. The van der Waals surface area contributed by atoms with Gasteiger partial charge in [0.1, 0.15) is 0 Å². The van der Waals surface area contributed by atoms with Gasteiger partial charge in [-0.15, -0.1) is 0 Å². The van der Waals surface area contributed by atoms with Gasteiger partial charge in [0, 0.05) is 11.1 Å². The van der Waals surface area contributed by atoms with Gasteiger partial charge in [-0.05, 0) is 26.0 Å². The van der Waals surface area contributed by atoms with Gasteiger partial charge >= 0.3 is 23.9 Å². The van der Waals surface area contributed by atoms with Gasteiger partial charge in [-0.25, -0.2) is 19.2 Å². The van der Waals surface area contributed by atoms with Crippen molar-refractivity contribution in [3.05, 3.63) is 59.7 Å². The monoisotopic (exact) mass is 338 g/mol. The van der Waals surface area contributed by atoms with Crippen LogP contribution in [-0.2, 0) is 9.59 Å². The summed E-state index contributed by atoms with van der Waals surface area (Å²) < 4.78 is 0. The first-order valence-corrected chi connectivity index (χ1v) is 6.25. The molecule has 24 heavy (non-hydrogen) atoms. The van der Waals surface area contributed by atoms with Crippen molar-refractivity contribution < 1.29 is 39.6 Å². The molecule has 0 aliphatic heterocycles. The van der Waals surface area contributed by atoms with Gasteiger partial charge in [0.15, 0.2) is 0 Å². The van der Waals surface area contributed by atoms with E-state index in [-0.39, 0.29) is 22.3 Å². The van der Waals surface area contributed by atoms with Crippen molar-refractivity contribution in [2.45, 2.75) is 13.8 Å². The lowest BCUT2D eigenvalue weighted by Gasteiger charge is -1.98. The Balaban J connectivity index is 0. The van der Waals surface area contributed by atoms with Crippen molar-refractivity contribution in [2.75, 3.05) is 0 Å². The van der Waals surface area contributed by atoms with E-state index in [1.165, 1.54) is 38.1 Å². The van der Waals surface area contributed by atoms with Crippen LogP contribution in [0.5, 0.6) is 0 Å². The number of aromatic carboxylic acids is 2. The summed E-state index contributed by atoms with van der Waals surface area (Å²) in [4.78, 5) is 40.1. The third-order valence-corrected chi connectivity index (χ3v) is 2.12. The molecule has 0 heterocycles. The lowest BCUT2D eigenvalue weighted by Crippen LogP contribution is -2.06. The SMILES string of the molecule is C=C(C)C(=O)O.C=C(C)C(=O)O.O=C(O)c1ccccc1C(=O)O. The van der Waals surface area contributed by atoms with E-state index in [1.807, 2.05) is 0 Å². The van der Waals surface area contributed by atoms with Crippen LogP contribution in [0.25, 0.3) is 0 Å². The van der Waals surface area contributed by atoms with E-state index in [0.29, 0.717) is 0 Å².